The minimum atomic E-state index is -0.449. The largest absolute Gasteiger partial charge is 0.449 e. The Morgan fingerprint density at radius 2 is 2.09 bits per heavy atom. The minimum Gasteiger partial charge on any atom is -0.449 e. The van der Waals surface area contributed by atoms with Crippen LogP contribution in [0.3, 0.4) is 0 Å². The van der Waals surface area contributed by atoms with Gasteiger partial charge in [0.1, 0.15) is 6.04 Å². The third-order valence-electron chi connectivity index (χ3n) is 3.98. The van der Waals surface area contributed by atoms with Crippen LogP contribution in [0.25, 0.3) is 0 Å². The van der Waals surface area contributed by atoms with Crippen molar-refractivity contribution < 1.29 is 14.3 Å². The van der Waals surface area contributed by atoms with Crippen LogP contribution in [-0.2, 0) is 9.53 Å². The van der Waals surface area contributed by atoms with Gasteiger partial charge in [0.2, 0.25) is 5.91 Å². The summed E-state index contributed by atoms with van der Waals surface area (Å²) >= 11 is 0. The topological polar surface area (TPSA) is 58.6 Å². The van der Waals surface area contributed by atoms with E-state index in [1.807, 2.05) is 45.9 Å². The van der Waals surface area contributed by atoms with Gasteiger partial charge in [0.25, 0.3) is 0 Å². The van der Waals surface area contributed by atoms with Crippen molar-refractivity contribution >= 4 is 17.7 Å². The first kappa shape index (κ1) is 17.3. The standard InChI is InChI=1S/C18H26N2O3/c1-12(2)11-23-18(22)20-9-5-6-16(20)17(21)19-15-10-13(3)7-8-14(15)4/h7-8,10,12,16H,5-6,9,11H2,1-4H3,(H,19,21)/t16-/m1/s1. The molecule has 126 valence electrons. The summed E-state index contributed by atoms with van der Waals surface area (Å²) in [6, 6.07) is 5.49. The highest BCUT2D eigenvalue weighted by Gasteiger charge is 2.35. The second-order valence-corrected chi connectivity index (χ2v) is 6.63. The van der Waals surface area contributed by atoms with Gasteiger partial charge in [-0.25, -0.2) is 4.79 Å². The first-order valence-electron chi connectivity index (χ1n) is 8.20. The fourth-order valence-corrected chi connectivity index (χ4v) is 2.67. The number of aryl methyl sites for hydroxylation is 2. The molecule has 1 N–H and O–H groups in total. The molecule has 2 amide bonds. The van der Waals surface area contributed by atoms with Crippen molar-refractivity contribution in [3.05, 3.63) is 29.3 Å². The molecule has 0 aromatic heterocycles. The van der Waals surface area contributed by atoms with Crippen molar-refractivity contribution in [1.29, 1.82) is 0 Å². The highest BCUT2D eigenvalue weighted by Crippen LogP contribution is 2.22. The van der Waals surface area contributed by atoms with E-state index >= 15 is 0 Å². The zero-order chi connectivity index (χ0) is 17.0. The molecule has 1 aliphatic heterocycles. The Morgan fingerprint density at radius 3 is 2.78 bits per heavy atom. The van der Waals surface area contributed by atoms with Crippen LogP contribution in [-0.4, -0.2) is 36.1 Å². The van der Waals surface area contributed by atoms with Gasteiger partial charge in [0.15, 0.2) is 0 Å². The normalized spacial score (nSPS) is 17.4. The number of hydrogen-bond acceptors (Lipinski definition) is 3. The molecule has 23 heavy (non-hydrogen) atoms. The van der Waals surface area contributed by atoms with Gasteiger partial charge in [-0.05, 0) is 49.8 Å². The molecule has 5 nitrogen and oxygen atoms in total. The Morgan fingerprint density at radius 1 is 1.35 bits per heavy atom. The lowest BCUT2D eigenvalue weighted by molar-refractivity contribution is -0.120. The molecule has 1 heterocycles. The van der Waals surface area contributed by atoms with E-state index in [2.05, 4.69) is 5.32 Å². The van der Waals surface area contributed by atoms with Crippen LogP contribution in [0.5, 0.6) is 0 Å². The number of hydrogen-bond donors (Lipinski definition) is 1. The molecular weight excluding hydrogens is 292 g/mol. The van der Waals surface area contributed by atoms with Crippen LogP contribution in [0.4, 0.5) is 10.5 Å². The zero-order valence-electron chi connectivity index (χ0n) is 14.4. The molecule has 1 atom stereocenters. The van der Waals surface area contributed by atoms with Crippen LogP contribution < -0.4 is 5.32 Å². The highest BCUT2D eigenvalue weighted by atomic mass is 16.6. The lowest BCUT2D eigenvalue weighted by atomic mass is 10.1. The molecule has 1 aromatic carbocycles. The zero-order valence-corrected chi connectivity index (χ0v) is 14.4. The summed E-state index contributed by atoms with van der Waals surface area (Å²) in [5.41, 5.74) is 2.90. The second kappa shape index (κ2) is 7.49. The van der Waals surface area contributed by atoms with E-state index < -0.39 is 12.1 Å². The van der Waals surface area contributed by atoms with Crippen LogP contribution in [0.2, 0.25) is 0 Å². The Balaban J connectivity index is 2.02. The first-order valence-corrected chi connectivity index (χ1v) is 8.20. The molecule has 0 radical (unpaired) electrons. The van der Waals surface area contributed by atoms with E-state index in [4.69, 9.17) is 4.74 Å². The number of benzene rings is 1. The third kappa shape index (κ3) is 4.47. The van der Waals surface area contributed by atoms with Gasteiger partial charge in [-0.2, -0.15) is 0 Å². The van der Waals surface area contributed by atoms with Crippen molar-refractivity contribution in [1.82, 2.24) is 4.90 Å². The Hall–Kier alpha value is -2.04. The van der Waals surface area contributed by atoms with E-state index in [1.54, 1.807) is 4.90 Å². The van der Waals surface area contributed by atoms with E-state index in [1.165, 1.54) is 0 Å². The monoisotopic (exact) mass is 318 g/mol. The molecule has 0 unspecified atom stereocenters. The van der Waals surface area contributed by atoms with Gasteiger partial charge < -0.3 is 10.1 Å². The van der Waals surface area contributed by atoms with Crippen molar-refractivity contribution in [2.75, 3.05) is 18.5 Å². The second-order valence-electron chi connectivity index (χ2n) is 6.63. The molecule has 1 aliphatic rings. The highest BCUT2D eigenvalue weighted by molar-refractivity contribution is 5.97. The molecule has 1 fully saturated rings. The summed E-state index contributed by atoms with van der Waals surface area (Å²) in [5.74, 6) is 0.140. The molecular formula is C18H26N2O3. The van der Waals surface area contributed by atoms with Crippen LogP contribution in [0, 0.1) is 19.8 Å². The summed E-state index contributed by atoms with van der Waals surface area (Å²) < 4.78 is 5.27. The Kier molecular flexibility index (Phi) is 5.64. The molecule has 0 aliphatic carbocycles. The molecule has 0 bridgehead atoms. The van der Waals surface area contributed by atoms with Crippen molar-refractivity contribution in [2.45, 2.75) is 46.6 Å². The SMILES string of the molecule is Cc1ccc(C)c(NC(=O)[C@H]2CCCN2C(=O)OCC(C)C)c1. The first-order chi connectivity index (χ1) is 10.9. The van der Waals surface area contributed by atoms with Crippen molar-refractivity contribution in [2.24, 2.45) is 5.92 Å². The summed E-state index contributed by atoms with van der Waals surface area (Å²) in [4.78, 5) is 26.3. The summed E-state index contributed by atoms with van der Waals surface area (Å²) in [7, 11) is 0. The number of carbonyl (C=O) groups excluding carboxylic acids is 2. The van der Waals surface area contributed by atoms with Crippen LogP contribution >= 0.6 is 0 Å². The van der Waals surface area contributed by atoms with Crippen LogP contribution in [0.15, 0.2) is 18.2 Å². The maximum absolute atomic E-state index is 12.6. The lowest BCUT2D eigenvalue weighted by Gasteiger charge is -2.24. The third-order valence-corrected chi connectivity index (χ3v) is 3.98. The van der Waals surface area contributed by atoms with Gasteiger partial charge in [0.05, 0.1) is 6.61 Å². The predicted octanol–water partition coefficient (Wildman–Crippen LogP) is 3.50. The van der Waals surface area contributed by atoms with Gasteiger partial charge >= 0.3 is 6.09 Å². The molecule has 1 saturated heterocycles. The number of anilines is 1. The van der Waals surface area contributed by atoms with Crippen molar-refractivity contribution in [3.63, 3.8) is 0 Å². The average molecular weight is 318 g/mol. The summed E-state index contributed by atoms with van der Waals surface area (Å²) in [6.45, 7) is 8.87. The predicted molar refractivity (Wildman–Crippen MR) is 90.5 cm³/mol. The van der Waals surface area contributed by atoms with E-state index in [9.17, 15) is 9.59 Å². The fraction of sp³-hybridized carbons (Fsp3) is 0.556. The molecule has 0 spiro atoms. The average Bonchev–Trinajstić information content (AvgIpc) is 2.98. The molecule has 1 aromatic rings. The van der Waals surface area contributed by atoms with E-state index in [0.717, 1.165) is 23.2 Å². The molecule has 2 rings (SSSR count). The number of carbonyl (C=O) groups is 2. The Labute approximate surface area is 138 Å². The van der Waals surface area contributed by atoms with Gasteiger partial charge in [0, 0.05) is 12.2 Å². The minimum absolute atomic E-state index is 0.141. The quantitative estimate of drug-likeness (QED) is 0.924. The van der Waals surface area contributed by atoms with Gasteiger partial charge in [-0.3, -0.25) is 9.69 Å². The van der Waals surface area contributed by atoms with Crippen LogP contribution in [0.1, 0.15) is 37.8 Å². The fourth-order valence-electron chi connectivity index (χ4n) is 2.67. The maximum atomic E-state index is 12.6. The number of nitrogens with one attached hydrogen (secondary N) is 1. The number of nitrogens with zero attached hydrogens (tertiary/aromatic N) is 1. The Bertz CT molecular complexity index is 584. The number of ether oxygens (including phenoxy) is 1. The van der Waals surface area contributed by atoms with E-state index in [0.29, 0.717) is 19.6 Å². The van der Waals surface area contributed by atoms with Gasteiger partial charge in [-0.1, -0.05) is 26.0 Å². The maximum Gasteiger partial charge on any atom is 0.410 e. The molecule has 0 saturated carbocycles. The number of likely N-dealkylation sites (tertiary alicyclic amines) is 1. The lowest BCUT2D eigenvalue weighted by Crippen LogP contribution is -2.43. The summed E-state index contributed by atoms with van der Waals surface area (Å²) in [6.07, 6.45) is 1.10. The van der Waals surface area contributed by atoms with Gasteiger partial charge in [-0.15, -0.1) is 0 Å². The number of amides is 2. The van der Waals surface area contributed by atoms with Crippen molar-refractivity contribution in [3.8, 4) is 0 Å². The molecule has 5 heteroatoms. The summed E-state index contributed by atoms with van der Waals surface area (Å²) in [5, 5.41) is 2.95. The number of rotatable bonds is 4. The van der Waals surface area contributed by atoms with E-state index in [-0.39, 0.29) is 11.8 Å². The smallest absolute Gasteiger partial charge is 0.410 e.